The maximum atomic E-state index is 12.9. The van der Waals surface area contributed by atoms with Gasteiger partial charge in [0, 0.05) is 31.4 Å². The zero-order valence-electron chi connectivity index (χ0n) is 19.9. The minimum absolute atomic E-state index is 0.0905. The van der Waals surface area contributed by atoms with Gasteiger partial charge in [-0.05, 0) is 12.1 Å². The third-order valence-electron chi connectivity index (χ3n) is 4.78. The number of rotatable bonds is 9. The smallest absolute Gasteiger partial charge is 0.340 e. The Kier molecular flexibility index (Phi) is 8.26. The Labute approximate surface area is 206 Å². The molecule has 0 spiro atoms. The predicted molar refractivity (Wildman–Crippen MR) is 131 cm³/mol. The number of benzene rings is 2. The highest BCUT2D eigenvalue weighted by Crippen LogP contribution is 2.36. The highest BCUT2D eigenvalue weighted by Gasteiger charge is 2.23. The Balaban J connectivity index is 1.82. The molecule has 0 unspecified atom stereocenters. The Bertz CT molecular complexity index is 1240. The minimum atomic E-state index is -0.697. The molecular formula is C24H25N3O7S. The van der Waals surface area contributed by atoms with Crippen molar-refractivity contribution in [3.8, 4) is 17.2 Å². The molecule has 10 nitrogen and oxygen atoms in total. The molecule has 2 amide bonds. The molecule has 1 N–H and O–H groups in total. The first-order valence-corrected chi connectivity index (χ1v) is 11.3. The van der Waals surface area contributed by atoms with Crippen molar-refractivity contribution in [1.82, 2.24) is 4.98 Å². The van der Waals surface area contributed by atoms with Gasteiger partial charge in [-0.15, -0.1) is 11.3 Å². The Morgan fingerprint density at radius 1 is 0.971 bits per heavy atom. The number of ether oxygens (including phenoxy) is 4. The standard InChI is InChI=1S/C24H25N3O7S/c1-14(28)25-18-11-22(33-5)21(32-4)10-17(18)23(30)34-12-16-13-35-24(26-16)27(15(2)29)19-8-6-7-9-20(19)31-3/h6-11,13H,12H2,1-5H3,(H,25,28). The van der Waals surface area contributed by atoms with Gasteiger partial charge in [0.25, 0.3) is 0 Å². The summed E-state index contributed by atoms with van der Waals surface area (Å²) in [5, 5.41) is 4.69. The van der Waals surface area contributed by atoms with Crippen LogP contribution in [0.3, 0.4) is 0 Å². The van der Waals surface area contributed by atoms with Crippen molar-refractivity contribution < 1.29 is 33.3 Å². The third kappa shape index (κ3) is 5.87. The fraction of sp³-hybridized carbons (Fsp3) is 0.250. The highest BCUT2D eigenvalue weighted by atomic mass is 32.1. The monoisotopic (exact) mass is 499 g/mol. The first kappa shape index (κ1) is 25.5. The van der Waals surface area contributed by atoms with Gasteiger partial charge in [0.05, 0.1) is 44.0 Å². The van der Waals surface area contributed by atoms with Crippen LogP contribution in [0.1, 0.15) is 29.9 Å². The SMILES string of the molecule is COc1cc(NC(C)=O)c(C(=O)OCc2csc(N(C(C)=O)c3ccccc3OC)n2)cc1OC. The fourth-order valence-corrected chi connectivity index (χ4v) is 4.11. The molecule has 0 bridgehead atoms. The van der Waals surface area contributed by atoms with Crippen molar-refractivity contribution in [3.63, 3.8) is 0 Å². The summed E-state index contributed by atoms with van der Waals surface area (Å²) in [5.74, 6) is -0.146. The van der Waals surface area contributed by atoms with E-state index >= 15 is 0 Å². The number of anilines is 3. The van der Waals surface area contributed by atoms with Gasteiger partial charge in [0.2, 0.25) is 11.8 Å². The number of nitrogens with one attached hydrogen (secondary N) is 1. The van der Waals surface area contributed by atoms with Gasteiger partial charge in [-0.25, -0.2) is 9.78 Å². The van der Waals surface area contributed by atoms with Crippen LogP contribution in [0.5, 0.6) is 17.2 Å². The van der Waals surface area contributed by atoms with E-state index in [1.54, 1.807) is 29.6 Å². The normalized spacial score (nSPS) is 10.3. The Morgan fingerprint density at radius 2 is 1.63 bits per heavy atom. The van der Waals surface area contributed by atoms with Crippen LogP contribution < -0.4 is 24.4 Å². The number of hydrogen-bond donors (Lipinski definition) is 1. The second-order valence-corrected chi connectivity index (χ2v) is 7.99. The molecule has 35 heavy (non-hydrogen) atoms. The van der Waals surface area contributed by atoms with Crippen molar-refractivity contribution in [2.45, 2.75) is 20.5 Å². The number of carbonyl (C=O) groups is 3. The molecule has 11 heteroatoms. The van der Waals surface area contributed by atoms with E-state index in [0.29, 0.717) is 33.8 Å². The largest absolute Gasteiger partial charge is 0.495 e. The number of carbonyl (C=O) groups excluding carboxylic acids is 3. The fourth-order valence-electron chi connectivity index (χ4n) is 3.25. The van der Waals surface area contributed by atoms with Gasteiger partial charge in [-0.2, -0.15) is 0 Å². The number of thiazole rings is 1. The number of para-hydroxylation sites is 2. The number of hydrogen-bond acceptors (Lipinski definition) is 9. The highest BCUT2D eigenvalue weighted by molar-refractivity contribution is 7.14. The van der Waals surface area contributed by atoms with Crippen LogP contribution in [0.2, 0.25) is 0 Å². The Morgan fingerprint density at radius 3 is 2.26 bits per heavy atom. The first-order valence-electron chi connectivity index (χ1n) is 10.4. The van der Waals surface area contributed by atoms with E-state index in [9.17, 15) is 14.4 Å². The van der Waals surface area contributed by atoms with Crippen LogP contribution in [0.25, 0.3) is 0 Å². The molecule has 0 aliphatic heterocycles. The summed E-state index contributed by atoms with van der Waals surface area (Å²) < 4.78 is 21.3. The summed E-state index contributed by atoms with van der Waals surface area (Å²) in [5.41, 5.74) is 1.30. The molecular weight excluding hydrogens is 474 g/mol. The van der Waals surface area contributed by atoms with Gasteiger partial charge >= 0.3 is 5.97 Å². The first-order chi connectivity index (χ1) is 16.8. The van der Waals surface area contributed by atoms with Crippen molar-refractivity contribution >= 4 is 45.6 Å². The molecule has 184 valence electrons. The van der Waals surface area contributed by atoms with Crippen LogP contribution in [0.15, 0.2) is 41.8 Å². The summed E-state index contributed by atoms with van der Waals surface area (Å²) in [6.45, 7) is 2.60. The minimum Gasteiger partial charge on any atom is -0.495 e. The molecule has 1 heterocycles. The van der Waals surface area contributed by atoms with E-state index in [0.717, 1.165) is 0 Å². The van der Waals surface area contributed by atoms with Crippen LogP contribution in [0.4, 0.5) is 16.5 Å². The lowest BCUT2D eigenvalue weighted by molar-refractivity contribution is -0.116. The third-order valence-corrected chi connectivity index (χ3v) is 5.65. The van der Waals surface area contributed by atoms with Gasteiger partial charge < -0.3 is 24.3 Å². The van der Waals surface area contributed by atoms with Gasteiger partial charge in [-0.1, -0.05) is 12.1 Å². The molecule has 0 atom stereocenters. The number of nitrogens with zero attached hydrogens (tertiary/aromatic N) is 2. The second kappa shape index (κ2) is 11.3. The number of methoxy groups -OCH3 is 3. The summed E-state index contributed by atoms with van der Waals surface area (Å²) in [7, 11) is 4.40. The van der Waals surface area contributed by atoms with Gasteiger partial charge in [-0.3, -0.25) is 14.5 Å². The lowest BCUT2D eigenvalue weighted by Gasteiger charge is -2.20. The number of esters is 1. The lowest BCUT2D eigenvalue weighted by atomic mass is 10.1. The van der Waals surface area contributed by atoms with Crippen molar-refractivity contribution in [1.29, 1.82) is 0 Å². The molecule has 3 aromatic rings. The Hall–Kier alpha value is -4.12. The van der Waals surface area contributed by atoms with E-state index in [2.05, 4.69) is 10.3 Å². The molecule has 2 aromatic carbocycles. The molecule has 0 saturated carbocycles. The summed E-state index contributed by atoms with van der Waals surface area (Å²) in [6, 6.07) is 10.0. The van der Waals surface area contributed by atoms with Crippen LogP contribution in [0, 0.1) is 0 Å². The average molecular weight is 500 g/mol. The molecule has 1 aromatic heterocycles. The molecule has 0 aliphatic carbocycles. The lowest BCUT2D eigenvalue weighted by Crippen LogP contribution is -2.23. The molecule has 0 aliphatic rings. The maximum absolute atomic E-state index is 12.9. The van der Waals surface area contributed by atoms with Crippen molar-refractivity contribution in [3.05, 3.63) is 53.0 Å². The predicted octanol–water partition coefficient (Wildman–Crippen LogP) is 4.17. The van der Waals surface area contributed by atoms with Crippen molar-refractivity contribution in [2.24, 2.45) is 0 Å². The van der Waals surface area contributed by atoms with Crippen LogP contribution in [-0.2, 0) is 20.9 Å². The average Bonchev–Trinajstić information content (AvgIpc) is 3.30. The van der Waals surface area contributed by atoms with Gasteiger partial charge in [0.1, 0.15) is 12.4 Å². The molecule has 0 saturated heterocycles. The zero-order chi connectivity index (χ0) is 25.5. The van der Waals surface area contributed by atoms with E-state index in [1.165, 1.54) is 63.5 Å². The second-order valence-electron chi connectivity index (χ2n) is 7.16. The molecule has 3 rings (SSSR count). The molecule has 0 radical (unpaired) electrons. The van der Waals surface area contributed by atoms with Crippen LogP contribution >= 0.6 is 11.3 Å². The zero-order valence-corrected chi connectivity index (χ0v) is 20.7. The molecule has 0 fully saturated rings. The van der Waals surface area contributed by atoms with Gasteiger partial charge in [0.15, 0.2) is 16.6 Å². The summed E-state index contributed by atoms with van der Waals surface area (Å²) in [6.07, 6.45) is 0. The van der Waals surface area contributed by atoms with Crippen LogP contribution in [-0.4, -0.2) is 44.1 Å². The quantitative estimate of drug-likeness (QED) is 0.436. The maximum Gasteiger partial charge on any atom is 0.340 e. The summed E-state index contributed by atoms with van der Waals surface area (Å²) >= 11 is 1.22. The van der Waals surface area contributed by atoms with E-state index < -0.39 is 5.97 Å². The van der Waals surface area contributed by atoms with Crippen molar-refractivity contribution in [2.75, 3.05) is 31.5 Å². The number of aromatic nitrogens is 1. The van der Waals surface area contributed by atoms with E-state index in [4.69, 9.17) is 18.9 Å². The topological polar surface area (TPSA) is 116 Å². The number of amides is 2. The van der Waals surface area contributed by atoms with E-state index in [-0.39, 0.29) is 29.7 Å². The van der Waals surface area contributed by atoms with E-state index in [1.807, 2.05) is 0 Å². The summed E-state index contributed by atoms with van der Waals surface area (Å²) in [4.78, 5) is 42.8.